The lowest BCUT2D eigenvalue weighted by molar-refractivity contribution is -0.107. The second-order valence-electron chi connectivity index (χ2n) is 2.92. The Morgan fingerprint density at radius 2 is 2.07 bits per heavy atom. The standard InChI is InChI=1S/C9H11O4P/c10-6-2-4-8-3-1-5-9(7-8)14(11,12)13/h1,3,5-7H,2,4H2,(H2,11,12,13). The zero-order chi connectivity index (χ0) is 10.6. The van der Waals surface area contributed by atoms with Gasteiger partial charge in [0.05, 0.1) is 5.30 Å². The molecule has 4 nitrogen and oxygen atoms in total. The highest BCUT2D eigenvalue weighted by Crippen LogP contribution is 2.33. The molecule has 1 aromatic carbocycles. The van der Waals surface area contributed by atoms with Crippen LogP contribution in [0.5, 0.6) is 0 Å². The third kappa shape index (κ3) is 3.07. The summed E-state index contributed by atoms with van der Waals surface area (Å²) in [5, 5.41) is 0.000832. The number of carbonyl (C=O) groups excluding carboxylic acids is 1. The molecule has 0 aliphatic rings. The Morgan fingerprint density at radius 1 is 1.36 bits per heavy atom. The summed E-state index contributed by atoms with van der Waals surface area (Å²) < 4.78 is 10.9. The van der Waals surface area contributed by atoms with Crippen molar-refractivity contribution in [3.63, 3.8) is 0 Å². The van der Waals surface area contributed by atoms with Crippen molar-refractivity contribution >= 4 is 19.2 Å². The number of hydrogen-bond acceptors (Lipinski definition) is 2. The van der Waals surface area contributed by atoms with E-state index in [-0.39, 0.29) is 5.30 Å². The first-order valence-electron chi connectivity index (χ1n) is 4.13. The van der Waals surface area contributed by atoms with Crippen LogP contribution in [0.2, 0.25) is 0 Å². The van der Waals surface area contributed by atoms with Crippen molar-refractivity contribution in [1.82, 2.24) is 0 Å². The van der Waals surface area contributed by atoms with E-state index in [1.54, 1.807) is 12.1 Å². The maximum Gasteiger partial charge on any atom is 0.356 e. The predicted molar refractivity (Wildman–Crippen MR) is 52.5 cm³/mol. The van der Waals surface area contributed by atoms with Crippen LogP contribution in [0.25, 0.3) is 0 Å². The molecule has 0 fully saturated rings. The molecular formula is C9H11O4P. The summed E-state index contributed by atoms with van der Waals surface area (Å²) >= 11 is 0. The Balaban J connectivity index is 2.90. The van der Waals surface area contributed by atoms with Crippen molar-refractivity contribution in [2.45, 2.75) is 12.8 Å². The molecule has 2 N–H and O–H groups in total. The smallest absolute Gasteiger partial charge is 0.321 e. The zero-order valence-corrected chi connectivity index (χ0v) is 8.35. The summed E-state index contributed by atoms with van der Waals surface area (Å²) in [5.74, 6) is 0. The van der Waals surface area contributed by atoms with E-state index in [1.807, 2.05) is 0 Å². The number of aryl methyl sites for hydroxylation is 1. The molecule has 0 unspecified atom stereocenters. The molecule has 0 saturated carbocycles. The van der Waals surface area contributed by atoms with Gasteiger partial charge in [0.1, 0.15) is 6.29 Å². The Morgan fingerprint density at radius 3 is 2.64 bits per heavy atom. The van der Waals surface area contributed by atoms with Crippen LogP contribution in [0.4, 0.5) is 0 Å². The van der Waals surface area contributed by atoms with E-state index in [1.165, 1.54) is 12.1 Å². The van der Waals surface area contributed by atoms with Gasteiger partial charge in [-0.05, 0) is 24.1 Å². The van der Waals surface area contributed by atoms with Gasteiger partial charge in [-0.3, -0.25) is 4.57 Å². The second kappa shape index (κ2) is 4.51. The lowest BCUT2D eigenvalue weighted by Gasteiger charge is -2.05. The highest BCUT2D eigenvalue weighted by atomic mass is 31.2. The number of benzene rings is 1. The quantitative estimate of drug-likeness (QED) is 0.569. The molecule has 0 bridgehead atoms. The topological polar surface area (TPSA) is 74.6 Å². The van der Waals surface area contributed by atoms with E-state index in [4.69, 9.17) is 9.79 Å². The SMILES string of the molecule is O=CCCc1cccc(P(=O)(O)O)c1. The molecule has 0 spiro atoms. The molecule has 1 rings (SSSR count). The van der Waals surface area contributed by atoms with E-state index in [2.05, 4.69) is 0 Å². The Hall–Kier alpha value is -0.960. The number of carbonyl (C=O) groups is 1. The summed E-state index contributed by atoms with van der Waals surface area (Å²) in [4.78, 5) is 27.9. The molecule has 0 saturated heterocycles. The second-order valence-corrected chi connectivity index (χ2v) is 4.52. The first-order chi connectivity index (χ1) is 6.54. The lowest BCUT2D eigenvalue weighted by Crippen LogP contribution is -2.04. The summed E-state index contributed by atoms with van der Waals surface area (Å²) in [6, 6.07) is 6.13. The minimum atomic E-state index is -4.17. The van der Waals surface area contributed by atoms with Gasteiger partial charge in [0, 0.05) is 6.42 Å². The number of aldehydes is 1. The van der Waals surface area contributed by atoms with Gasteiger partial charge < -0.3 is 14.6 Å². The van der Waals surface area contributed by atoms with Crippen LogP contribution in [0.15, 0.2) is 24.3 Å². The largest absolute Gasteiger partial charge is 0.356 e. The summed E-state index contributed by atoms with van der Waals surface area (Å²) in [7, 11) is -4.17. The fourth-order valence-electron chi connectivity index (χ4n) is 1.12. The van der Waals surface area contributed by atoms with E-state index in [0.717, 1.165) is 11.8 Å². The number of rotatable bonds is 4. The van der Waals surface area contributed by atoms with Crippen molar-refractivity contribution in [3.8, 4) is 0 Å². The van der Waals surface area contributed by atoms with Gasteiger partial charge in [-0.15, -0.1) is 0 Å². The monoisotopic (exact) mass is 214 g/mol. The average molecular weight is 214 g/mol. The fraction of sp³-hybridized carbons (Fsp3) is 0.222. The normalized spacial score (nSPS) is 11.3. The minimum absolute atomic E-state index is 0.000832. The van der Waals surface area contributed by atoms with Gasteiger partial charge in [-0.2, -0.15) is 0 Å². The molecule has 1 aromatic rings. The summed E-state index contributed by atoms with van der Waals surface area (Å²) in [6.45, 7) is 0. The Bertz CT molecular complexity index is 369. The Kier molecular flexibility index (Phi) is 3.58. The van der Waals surface area contributed by atoms with Crippen molar-refractivity contribution in [2.24, 2.45) is 0 Å². The summed E-state index contributed by atoms with van der Waals surface area (Å²) in [6.07, 6.45) is 1.66. The molecule has 0 aliphatic heterocycles. The molecule has 0 aliphatic carbocycles. The molecule has 0 amide bonds. The van der Waals surface area contributed by atoms with Gasteiger partial charge >= 0.3 is 7.60 Å². The average Bonchev–Trinajstić information content (AvgIpc) is 2.14. The van der Waals surface area contributed by atoms with Gasteiger partial charge in [-0.25, -0.2) is 0 Å². The van der Waals surface area contributed by atoms with Crippen LogP contribution in [-0.4, -0.2) is 16.1 Å². The fourth-order valence-corrected chi connectivity index (χ4v) is 1.73. The van der Waals surface area contributed by atoms with Gasteiger partial charge in [0.15, 0.2) is 0 Å². The highest BCUT2D eigenvalue weighted by Gasteiger charge is 2.16. The molecule has 0 atom stereocenters. The predicted octanol–water partition coefficient (Wildman–Crippen LogP) is 0.621. The van der Waals surface area contributed by atoms with Crippen LogP contribution in [-0.2, 0) is 15.8 Å². The Labute approximate surface area is 81.7 Å². The van der Waals surface area contributed by atoms with Crippen molar-refractivity contribution in [1.29, 1.82) is 0 Å². The van der Waals surface area contributed by atoms with Crippen LogP contribution >= 0.6 is 7.60 Å². The zero-order valence-electron chi connectivity index (χ0n) is 7.46. The van der Waals surface area contributed by atoms with Crippen LogP contribution in [0, 0.1) is 0 Å². The molecule has 0 heterocycles. The van der Waals surface area contributed by atoms with E-state index in [0.29, 0.717) is 12.8 Å². The van der Waals surface area contributed by atoms with Crippen molar-refractivity contribution in [3.05, 3.63) is 29.8 Å². The van der Waals surface area contributed by atoms with E-state index < -0.39 is 7.60 Å². The molecule has 14 heavy (non-hydrogen) atoms. The van der Waals surface area contributed by atoms with Gasteiger partial charge in [-0.1, -0.05) is 12.1 Å². The maximum atomic E-state index is 10.9. The van der Waals surface area contributed by atoms with E-state index >= 15 is 0 Å². The third-order valence-corrected chi connectivity index (χ3v) is 2.75. The molecule has 5 heteroatoms. The van der Waals surface area contributed by atoms with Crippen molar-refractivity contribution < 1.29 is 19.1 Å². The molecule has 76 valence electrons. The third-order valence-electron chi connectivity index (χ3n) is 1.80. The number of hydrogen-bond donors (Lipinski definition) is 2. The van der Waals surface area contributed by atoms with Crippen LogP contribution in [0.1, 0.15) is 12.0 Å². The first-order valence-corrected chi connectivity index (χ1v) is 5.74. The van der Waals surface area contributed by atoms with Crippen LogP contribution in [0.3, 0.4) is 0 Å². The molecule has 0 radical (unpaired) electrons. The summed E-state index contributed by atoms with van der Waals surface area (Å²) in [5.41, 5.74) is 0.762. The van der Waals surface area contributed by atoms with Crippen LogP contribution < -0.4 is 5.30 Å². The molecule has 0 aromatic heterocycles. The maximum absolute atomic E-state index is 10.9. The molecular weight excluding hydrogens is 203 g/mol. The lowest BCUT2D eigenvalue weighted by atomic mass is 10.1. The van der Waals surface area contributed by atoms with Gasteiger partial charge in [0.2, 0.25) is 0 Å². The van der Waals surface area contributed by atoms with Gasteiger partial charge in [0.25, 0.3) is 0 Å². The minimum Gasteiger partial charge on any atom is -0.321 e. The first kappa shape index (κ1) is 11.1. The van der Waals surface area contributed by atoms with Crippen molar-refractivity contribution in [2.75, 3.05) is 0 Å². The highest BCUT2D eigenvalue weighted by molar-refractivity contribution is 7.60. The van der Waals surface area contributed by atoms with E-state index in [9.17, 15) is 9.36 Å².